The van der Waals surface area contributed by atoms with Gasteiger partial charge >= 0.3 is 0 Å². The molecule has 1 fully saturated rings. The van der Waals surface area contributed by atoms with Gasteiger partial charge in [-0.3, -0.25) is 0 Å². The van der Waals surface area contributed by atoms with E-state index < -0.39 is 0 Å². The van der Waals surface area contributed by atoms with Crippen molar-refractivity contribution in [2.75, 3.05) is 0 Å². The second-order valence-corrected chi connectivity index (χ2v) is 7.18. The fourth-order valence-electron chi connectivity index (χ4n) is 3.45. The predicted octanol–water partition coefficient (Wildman–Crippen LogP) is 3.20. The lowest BCUT2D eigenvalue weighted by Crippen LogP contribution is -2.37. The second kappa shape index (κ2) is 6.34. The lowest BCUT2D eigenvalue weighted by atomic mass is 9.75. The van der Waals surface area contributed by atoms with Crippen LogP contribution < -0.4 is 10.5 Å². The summed E-state index contributed by atoms with van der Waals surface area (Å²) in [6.45, 7) is 8.78. The summed E-state index contributed by atoms with van der Waals surface area (Å²) in [5.74, 6) is 2.62. The molecule has 1 saturated carbocycles. The molecular formula is C16H27N3OS. The molecule has 2 N–H and O–H groups in total. The quantitative estimate of drug-likeness (QED) is 0.868. The molecule has 1 aromatic heterocycles. The van der Waals surface area contributed by atoms with E-state index in [1.807, 2.05) is 14.0 Å². The van der Waals surface area contributed by atoms with Gasteiger partial charge in [0.2, 0.25) is 5.88 Å². The van der Waals surface area contributed by atoms with Gasteiger partial charge in [0.1, 0.15) is 11.1 Å². The van der Waals surface area contributed by atoms with E-state index in [2.05, 4.69) is 25.9 Å². The van der Waals surface area contributed by atoms with Crippen molar-refractivity contribution in [3.8, 4) is 5.88 Å². The Kier molecular flexibility index (Phi) is 4.91. The molecule has 5 heteroatoms. The smallest absolute Gasteiger partial charge is 0.222 e. The van der Waals surface area contributed by atoms with Gasteiger partial charge in [-0.05, 0) is 37.5 Å². The molecule has 2 rings (SSSR count). The first-order chi connectivity index (χ1) is 9.81. The molecule has 0 amide bonds. The average molecular weight is 309 g/mol. The maximum Gasteiger partial charge on any atom is 0.222 e. The lowest BCUT2D eigenvalue weighted by molar-refractivity contribution is 0.0394. The highest BCUT2D eigenvalue weighted by atomic mass is 32.1. The van der Waals surface area contributed by atoms with Crippen LogP contribution in [0.5, 0.6) is 5.88 Å². The fraction of sp³-hybridized carbons (Fsp3) is 0.750. The third kappa shape index (κ3) is 3.39. The topological polar surface area (TPSA) is 53.1 Å². The largest absolute Gasteiger partial charge is 0.474 e. The molecule has 1 heterocycles. The van der Waals surface area contributed by atoms with Crippen LogP contribution in [0.4, 0.5) is 0 Å². The number of ether oxygens (including phenoxy) is 1. The normalized spacial score (nSPS) is 26.1. The van der Waals surface area contributed by atoms with Gasteiger partial charge in [-0.1, -0.05) is 39.4 Å². The van der Waals surface area contributed by atoms with Crippen molar-refractivity contribution in [3.05, 3.63) is 11.3 Å². The van der Waals surface area contributed by atoms with E-state index in [9.17, 15) is 0 Å². The van der Waals surface area contributed by atoms with Crippen molar-refractivity contribution < 1.29 is 4.74 Å². The van der Waals surface area contributed by atoms with Crippen LogP contribution in [-0.2, 0) is 7.05 Å². The summed E-state index contributed by atoms with van der Waals surface area (Å²) in [6, 6.07) is 0. The van der Waals surface area contributed by atoms with E-state index in [1.54, 1.807) is 4.68 Å². The van der Waals surface area contributed by atoms with E-state index in [0.717, 1.165) is 23.6 Å². The highest BCUT2D eigenvalue weighted by molar-refractivity contribution is 7.80. The highest BCUT2D eigenvalue weighted by Crippen LogP contribution is 2.36. The van der Waals surface area contributed by atoms with Gasteiger partial charge < -0.3 is 10.5 Å². The predicted molar refractivity (Wildman–Crippen MR) is 89.6 cm³/mol. The third-order valence-electron chi connectivity index (χ3n) is 4.64. The molecule has 3 unspecified atom stereocenters. The van der Waals surface area contributed by atoms with Crippen molar-refractivity contribution >= 4 is 17.2 Å². The first-order valence-electron chi connectivity index (χ1n) is 7.81. The van der Waals surface area contributed by atoms with E-state index in [0.29, 0.717) is 22.7 Å². The summed E-state index contributed by atoms with van der Waals surface area (Å²) in [5.41, 5.74) is 7.48. The molecule has 0 aliphatic heterocycles. The molecule has 0 bridgehead atoms. The molecule has 4 nitrogen and oxygen atoms in total. The maximum absolute atomic E-state index is 6.38. The van der Waals surface area contributed by atoms with Gasteiger partial charge in [-0.15, -0.1) is 0 Å². The molecule has 0 saturated heterocycles. The minimum absolute atomic E-state index is 0.219. The number of nitrogens with zero attached hydrogens (tertiary/aromatic N) is 2. The Balaban J connectivity index is 2.29. The number of aryl methyl sites for hydroxylation is 2. The number of aromatic nitrogens is 2. The molecule has 0 aromatic carbocycles. The van der Waals surface area contributed by atoms with Crippen molar-refractivity contribution in [1.82, 2.24) is 9.78 Å². The molecule has 0 spiro atoms. The molecular weight excluding hydrogens is 282 g/mol. The van der Waals surface area contributed by atoms with Gasteiger partial charge in [0.15, 0.2) is 0 Å². The third-order valence-corrected chi connectivity index (χ3v) is 4.84. The number of hydrogen-bond acceptors (Lipinski definition) is 3. The summed E-state index contributed by atoms with van der Waals surface area (Å²) in [6.07, 6.45) is 3.82. The van der Waals surface area contributed by atoms with Crippen molar-refractivity contribution in [1.29, 1.82) is 0 Å². The van der Waals surface area contributed by atoms with Crippen LogP contribution in [0.25, 0.3) is 0 Å². The summed E-state index contributed by atoms with van der Waals surface area (Å²) in [7, 11) is 1.89. The van der Waals surface area contributed by atoms with Crippen LogP contribution >= 0.6 is 12.2 Å². The van der Waals surface area contributed by atoms with E-state index in [1.165, 1.54) is 12.8 Å². The van der Waals surface area contributed by atoms with Crippen LogP contribution in [-0.4, -0.2) is 20.9 Å². The van der Waals surface area contributed by atoms with Crippen LogP contribution in [0.3, 0.4) is 0 Å². The Bertz CT molecular complexity index is 524. The fourth-order valence-corrected chi connectivity index (χ4v) is 3.68. The van der Waals surface area contributed by atoms with Crippen LogP contribution in [0.2, 0.25) is 0 Å². The van der Waals surface area contributed by atoms with Gasteiger partial charge in [-0.25, -0.2) is 4.68 Å². The zero-order chi connectivity index (χ0) is 15.7. The molecule has 0 radical (unpaired) electrons. The van der Waals surface area contributed by atoms with Gasteiger partial charge in [-0.2, -0.15) is 5.10 Å². The van der Waals surface area contributed by atoms with Gasteiger partial charge in [0.25, 0.3) is 0 Å². The lowest BCUT2D eigenvalue weighted by Gasteiger charge is -2.37. The Labute approximate surface area is 133 Å². The number of rotatable bonds is 4. The molecule has 118 valence electrons. The Morgan fingerprint density at radius 1 is 1.43 bits per heavy atom. The number of nitrogens with two attached hydrogens (primary N) is 1. The van der Waals surface area contributed by atoms with Crippen LogP contribution in [0.15, 0.2) is 0 Å². The second-order valence-electron chi connectivity index (χ2n) is 6.74. The molecule has 3 atom stereocenters. The van der Waals surface area contributed by atoms with E-state index in [4.69, 9.17) is 22.7 Å². The summed E-state index contributed by atoms with van der Waals surface area (Å²) in [5, 5.41) is 4.41. The first kappa shape index (κ1) is 16.3. The Morgan fingerprint density at radius 3 is 2.67 bits per heavy atom. The van der Waals surface area contributed by atoms with Crippen LogP contribution in [0, 0.1) is 24.7 Å². The van der Waals surface area contributed by atoms with Crippen molar-refractivity contribution in [3.63, 3.8) is 0 Å². The maximum atomic E-state index is 6.38. The van der Waals surface area contributed by atoms with E-state index >= 15 is 0 Å². The van der Waals surface area contributed by atoms with Crippen molar-refractivity contribution in [2.24, 2.45) is 30.5 Å². The summed E-state index contributed by atoms with van der Waals surface area (Å²) >= 11 is 5.17. The zero-order valence-corrected chi connectivity index (χ0v) is 14.5. The monoisotopic (exact) mass is 309 g/mol. The highest BCUT2D eigenvalue weighted by Gasteiger charge is 2.33. The minimum atomic E-state index is 0.219. The van der Waals surface area contributed by atoms with Gasteiger partial charge in [0, 0.05) is 7.05 Å². The zero-order valence-electron chi connectivity index (χ0n) is 13.7. The Hall–Kier alpha value is -1.10. The standard InChI is InChI=1S/C16H27N3OS/c1-9(2)12-7-6-10(3)8-13(12)20-16-14(15(17)21)11(4)18-19(16)5/h9-10,12-13H,6-8H2,1-5H3,(H2,17,21). The molecule has 21 heavy (non-hydrogen) atoms. The van der Waals surface area contributed by atoms with Crippen molar-refractivity contribution in [2.45, 2.75) is 53.1 Å². The van der Waals surface area contributed by atoms with Crippen LogP contribution in [0.1, 0.15) is 51.3 Å². The van der Waals surface area contributed by atoms with E-state index in [-0.39, 0.29) is 6.10 Å². The minimum Gasteiger partial charge on any atom is -0.474 e. The SMILES string of the molecule is Cc1nn(C)c(OC2CC(C)CCC2C(C)C)c1C(N)=S. The number of thiocarbonyl (C=S) groups is 1. The number of hydrogen-bond donors (Lipinski definition) is 1. The van der Waals surface area contributed by atoms with Gasteiger partial charge in [0.05, 0.1) is 11.3 Å². The summed E-state index contributed by atoms with van der Waals surface area (Å²) in [4.78, 5) is 0.362. The Morgan fingerprint density at radius 2 is 2.10 bits per heavy atom. The molecule has 1 aromatic rings. The molecule has 1 aliphatic carbocycles. The summed E-state index contributed by atoms with van der Waals surface area (Å²) < 4.78 is 8.14. The first-order valence-corrected chi connectivity index (χ1v) is 8.22. The average Bonchev–Trinajstić information content (AvgIpc) is 2.63. The molecule has 1 aliphatic rings.